The van der Waals surface area contributed by atoms with Crippen molar-refractivity contribution in [3.05, 3.63) is 28.5 Å². The van der Waals surface area contributed by atoms with E-state index in [1.54, 1.807) is 13.3 Å². The minimum Gasteiger partial charge on any atom is -0.383 e. The fourth-order valence-corrected chi connectivity index (χ4v) is 1.94. The smallest absolute Gasteiger partial charge is 0.0645 e. The molecule has 0 aliphatic heterocycles. The molecule has 0 saturated carbocycles. The van der Waals surface area contributed by atoms with Gasteiger partial charge in [0.05, 0.1) is 6.61 Å². The summed E-state index contributed by atoms with van der Waals surface area (Å²) in [5.41, 5.74) is 7.06. The third-order valence-corrected chi connectivity index (χ3v) is 2.89. The first kappa shape index (κ1) is 12.6. The molecule has 15 heavy (non-hydrogen) atoms. The van der Waals surface area contributed by atoms with Gasteiger partial charge in [-0.15, -0.1) is 0 Å². The van der Waals surface area contributed by atoms with Gasteiger partial charge in [0.2, 0.25) is 0 Å². The van der Waals surface area contributed by atoms with Crippen molar-refractivity contribution in [1.82, 2.24) is 4.98 Å². The van der Waals surface area contributed by atoms with Crippen molar-refractivity contribution in [2.45, 2.75) is 25.3 Å². The number of nitrogens with zero attached hydrogens (tertiary/aromatic N) is 1. The Kier molecular flexibility index (Phi) is 4.70. The molecule has 1 aromatic rings. The van der Waals surface area contributed by atoms with Crippen LogP contribution in [0.2, 0.25) is 0 Å². The zero-order valence-electron chi connectivity index (χ0n) is 9.16. The van der Waals surface area contributed by atoms with Crippen LogP contribution < -0.4 is 5.73 Å². The number of hydrogen-bond donors (Lipinski definition) is 1. The molecule has 0 aliphatic rings. The predicted octanol–water partition coefficient (Wildman–Crippen LogP) is 2.14. The van der Waals surface area contributed by atoms with Crippen molar-refractivity contribution in [3.8, 4) is 0 Å². The van der Waals surface area contributed by atoms with Gasteiger partial charge in [-0.1, -0.05) is 6.92 Å². The summed E-state index contributed by atoms with van der Waals surface area (Å²) >= 11 is 3.40. The van der Waals surface area contributed by atoms with Crippen LogP contribution in [0.1, 0.15) is 18.9 Å². The van der Waals surface area contributed by atoms with Crippen LogP contribution in [0.5, 0.6) is 0 Å². The Labute approximate surface area is 99.2 Å². The maximum absolute atomic E-state index is 6.22. The van der Waals surface area contributed by atoms with Crippen LogP contribution in [0, 0.1) is 0 Å². The number of halogens is 1. The van der Waals surface area contributed by atoms with Gasteiger partial charge in [0.1, 0.15) is 0 Å². The van der Waals surface area contributed by atoms with Gasteiger partial charge in [-0.05, 0) is 40.4 Å². The molecule has 0 saturated heterocycles. The lowest BCUT2D eigenvalue weighted by Crippen LogP contribution is -2.45. The van der Waals surface area contributed by atoms with Gasteiger partial charge in [0, 0.05) is 29.5 Å². The average molecular weight is 273 g/mol. The van der Waals surface area contributed by atoms with Crippen molar-refractivity contribution in [3.63, 3.8) is 0 Å². The minimum atomic E-state index is -0.294. The highest BCUT2D eigenvalue weighted by molar-refractivity contribution is 9.10. The molecule has 1 heterocycles. The molecule has 0 bridgehead atoms. The topological polar surface area (TPSA) is 48.1 Å². The van der Waals surface area contributed by atoms with E-state index in [-0.39, 0.29) is 5.54 Å². The van der Waals surface area contributed by atoms with Gasteiger partial charge in [0.25, 0.3) is 0 Å². The largest absolute Gasteiger partial charge is 0.383 e. The summed E-state index contributed by atoms with van der Waals surface area (Å²) < 4.78 is 6.13. The van der Waals surface area contributed by atoms with Crippen molar-refractivity contribution in [1.29, 1.82) is 0 Å². The maximum Gasteiger partial charge on any atom is 0.0645 e. The summed E-state index contributed by atoms with van der Waals surface area (Å²) in [4.78, 5) is 4.12. The normalized spacial score (nSPS) is 14.9. The number of rotatable bonds is 5. The third-order valence-electron chi connectivity index (χ3n) is 2.45. The lowest BCUT2D eigenvalue weighted by Gasteiger charge is -2.27. The Balaban J connectivity index is 2.74. The Morgan fingerprint density at radius 2 is 2.27 bits per heavy atom. The quantitative estimate of drug-likeness (QED) is 0.894. The van der Waals surface area contributed by atoms with E-state index in [0.29, 0.717) is 6.61 Å². The molecular weight excluding hydrogens is 256 g/mol. The molecule has 3 nitrogen and oxygen atoms in total. The number of nitrogens with two attached hydrogens (primary N) is 1. The summed E-state index contributed by atoms with van der Waals surface area (Å²) in [6.07, 6.45) is 5.28. The van der Waals surface area contributed by atoms with Gasteiger partial charge in [-0.25, -0.2) is 0 Å². The first-order valence-corrected chi connectivity index (χ1v) is 5.76. The second-order valence-corrected chi connectivity index (χ2v) is 4.75. The van der Waals surface area contributed by atoms with E-state index in [1.165, 1.54) is 0 Å². The molecule has 1 unspecified atom stereocenters. The monoisotopic (exact) mass is 272 g/mol. The van der Waals surface area contributed by atoms with Crippen LogP contribution >= 0.6 is 15.9 Å². The highest BCUT2D eigenvalue weighted by Crippen LogP contribution is 2.17. The summed E-state index contributed by atoms with van der Waals surface area (Å²) in [6.45, 7) is 2.64. The minimum absolute atomic E-state index is 0.294. The van der Waals surface area contributed by atoms with Crippen LogP contribution in [-0.4, -0.2) is 24.2 Å². The lowest BCUT2D eigenvalue weighted by atomic mass is 9.91. The summed E-state index contributed by atoms with van der Waals surface area (Å²) in [5, 5.41) is 0. The highest BCUT2D eigenvalue weighted by atomic mass is 79.9. The fourth-order valence-electron chi connectivity index (χ4n) is 1.52. The van der Waals surface area contributed by atoms with Gasteiger partial charge in [-0.2, -0.15) is 0 Å². The second-order valence-electron chi connectivity index (χ2n) is 3.84. The van der Waals surface area contributed by atoms with E-state index in [2.05, 4.69) is 27.8 Å². The van der Waals surface area contributed by atoms with Crippen molar-refractivity contribution >= 4 is 15.9 Å². The van der Waals surface area contributed by atoms with E-state index < -0.39 is 0 Å². The van der Waals surface area contributed by atoms with Gasteiger partial charge < -0.3 is 10.5 Å². The zero-order chi connectivity index (χ0) is 11.3. The SMILES string of the molecule is CCC(N)(COC)Cc1cncc(Br)c1. The van der Waals surface area contributed by atoms with E-state index >= 15 is 0 Å². The molecule has 0 spiro atoms. The molecule has 0 aromatic carbocycles. The molecule has 0 aliphatic carbocycles. The number of hydrogen-bond acceptors (Lipinski definition) is 3. The van der Waals surface area contributed by atoms with Crippen LogP contribution in [0.3, 0.4) is 0 Å². The summed E-state index contributed by atoms with van der Waals surface area (Å²) in [5.74, 6) is 0. The molecule has 2 N–H and O–H groups in total. The van der Waals surface area contributed by atoms with Crippen LogP contribution in [0.4, 0.5) is 0 Å². The molecule has 4 heteroatoms. The fraction of sp³-hybridized carbons (Fsp3) is 0.545. The molecule has 0 radical (unpaired) electrons. The lowest BCUT2D eigenvalue weighted by molar-refractivity contribution is 0.129. The molecule has 0 fully saturated rings. The molecule has 1 rings (SSSR count). The highest BCUT2D eigenvalue weighted by Gasteiger charge is 2.23. The van der Waals surface area contributed by atoms with Crippen molar-refractivity contribution in [2.24, 2.45) is 5.73 Å². The number of aromatic nitrogens is 1. The van der Waals surface area contributed by atoms with Crippen molar-refractivity contribution in [2.75, 3.05) is 13.7 Å². The Morgan fingerprint density at radius 3 is 2.80 bits per heavy atom. The Morgan fingerprint density at radius 1 is 1.53 bits per heavy atom. The maximum atomic E-state index is 6.22. The van der Waals surface area contributed by atoms with Crippen LogP contribution in [0.25, 0.3) is 0 Å². The van der Waals surface area contributed by atoms with E-state index in [4.69, 9.17) is 10.5 Å². The second kappa shape index (κ2) is 5.58. The van der Waals surface area contributed by atoms with Crippen LogP contribution in [-0.2, 0) is 11.2 Å². The van der Waals surface area contributed by atoms with E-state index in [0.717, 1.165) is 22.9 Å². The summed E-state index contributed by atoms with van der Waals surface area (Å²) in [6, 6.07) is 2.04. The van der Waals surface area contributed by atoms with Crippen molar-refractivity contribution < 1.29 is 4.74 Å². The molecule has 1 aromatic heterocycles. The average Bonchev–Trinajstić information content (AvgIpc) is 2.18. The van der Waals surface area contributed by atoms with E-state index in [9.17, 15) is 0 Å². The molecule has 1 atom stereocenters. The van der Waals surface area contributed by atoms with E-state index in [1.807, 2.05) is 12.3 Å². The molecule has 84 valence electrons. The zero-order valence-corrected chi connectivity index (χ0v) is 10.8. The summed E-state index contributed by atoms with van der Waals surface area (Å²) in [7, 11) is 1.68. The first-order valence-electron chi connectivity index (χ1n) is 4.97. The number of pyridine rings is 1. The number of methoxy groups -OCH3 is 1. The molecular formula is C11H17BrN2O. The Hall–Kier alpha value is -0.450. The first-order chi connectivity index (χ1) is 7.09. The number of ether oxygens (including phenoxy) is 1. The standard InChI is InChI=1S/C11H17BrN2O/c1-3-11(13,8-15-2)5-9-4-10(12)7-14-6-9/h4,6-7H,3,5,8,13H2,1-2H3. The van der Waals surface area contributed by atoms with Gasteiger partial charge >= 0.3 is 0 Å². The van der Waals surface area contributed by atoms with Gasteiger partial charge in [-0.3, -0.25) is 4.98 Å². The third kappa shape index (κ3) is 3.89. The Bertz CT molecular complexity index is 319. The van der Waals surface area contributed by atoms with Crippen LogP contribution in [0.15, 0.2) is 22.9 Å². The van der Waals surface area contributed by atoms with Gasteiger partial charge in [0.15, 0.2) is 0 Å². The predicted molar refractivity (Wildman–Crippen MR) is 64.7 cm³/mol. The molecule has 0 amide bonds.